The first-order chi connectivity index (χ1) is 52.2. The van der Waals surface area contributed by atoms with Crippen molar-refractivity contribution in [3.63, 3.8) is 0 Å². The Kier molecular flexibility index (Phi) is 35.7. The Hall–Kier alpha value is -12.9. The van der Waals surface area contributed by atoms with E-state index in [1.54, 1.807) is 30.5 Å². The fourth-order valence-electron chi connectivity index (χ4n) is 11.0. The molecule has 1 unspecified atom stereocenters. The number of rotatable bonds is 28. The van der Waals surface area contributed by atoms with E-state index in [0.29, 0.717) is 16.5 Å². The van der Waals surface area contributed by atoms with Gasteiger partial charge in [0.15, 0.2) is 5.78 Å². The zero-order chi connectivity index (χ0) is 83.1. The summed E-state index contributed by atoms with van der Waals surface area (Å²) in [5.41, 5.74) is 12.3. The van der Waals surface area contributed by atoms with Crippen molar-refractivity contribution in [2.45, 2.75) is 171 Å². The number of anilines is 1. The van der Waals surface area contributed by atoms with Gasteiger partial charge in [-0.15, -0.1) is 0 Å². The Balaban J connectivity index is 1.91. The molecule has 24 N–H and O–H groups in total. The van der Waals surface area contributed by atoms with Gasteiger partial charge in [0.2, 0.25) is 76.8 Å². The smallest absolute Gasteiger partial charge is 0.406 e. The van der Waals surface area contributed by atoms with Gasteiger partial charge >= 0.3 is 35.9 Å². The van der Waals surface area contributed by atoms with E-state index >= 15 is 0 Å². The topological polar surface area (TPSA) is 697 Å². The molecule has 0 saturated carbocycles. The number of aromatic nitrogens is 1. The summed E-state index contributed by atoms with van der Waals surface area (Å²) in [7, 11) is 1.01. The quantitative estimate of drug-likeness (QED) is 0.0139. The number of nitrogen functional groups attached to an aromatic ring is 1. The lowest BCUT2D eigenvalue weighted by atomic mass is 9.94. The lowest BCUT2D eigenvalue weighted by Crippen LogP contribution is -2.62. The fraction of sp³-hybridized carbons (Fsp3) is 0.493. The van der Waals surface area contributed by atoms with Crippen LogP contribution in [0.3, 0.4) is 0 Å². The van der Waals surface area contributed by atoms with E-state index in [0.717, 1.165) is 27.9 Å². The largest absolute Gasteiger partial charge is 0.481 e. The molecule has 2 heterocycles. The molecule has 4 rings (SSSR count). The molecule has 606 valence electrons. The average molecular weight is 1570 g/mol. The van der Waals surface area contributed by atoms with E-state index in [1.807, 2.05) is 0 Å². The first-order valence-electron chi connectivity index (χ1n) is 34.2. The standard InChI is InChI=1S/C67H91N17O27/c1-29(18-51(91)92)55-65(107)83-45(20-47(87)36-13-7-9-14-37(36)68)66(108)111-32(4)56(84-63(105)44(24-54(97)98)82-62(104)41(21-48(69)88)80-61(103)40(76-33(5)86)19-34-25-71-38-15-10-8-12-35(34)38)64(106)73-27-49(89)77-39(16-11-17-70-67(109)110-6)59(101)81-43(23-53(95)96)60(102)75-31(3)57(99)79-42(22-52(93)94)58(100)72-26-50(90)78-46(28-85)30(2)74-55/h7-10,12-15,25,29-32,39-46,55-56,71,74,85H,11,16-24,26-28,68H2,1-6H3,(H2,69,88)(H,70,109)(H,72,100)(H,73,106)(H,75,102)(H,76,86)(H,77,89)(H,78,90)(H,79,99)(H,80,103)(H,81,101)(H,82,104)(H,83,107)(H,84,105)(H,91,92)(H,93,94)(H,95,96)(H,97,98)/t29-,30?,31+,32+,39-,40-,41+,42-,43-,44-,45-,46+,55-,56-/m0/s1. The van der Waals surface area contributed by atoms with Crippen LogP contribution in [0.4, 0.5) is 10.5 Å². The molecule has 0 bridgehead atoms. The van der Waals surface area contributed by atoms with Gasteiger partial charge in [0.25, 0.3) is 0 Å². The highest BCUT2D eigenvalue weighted by atomic mass is 16.5. The number of ether oxygens (including phenoxy) is 2. The Labute approximate surface area is 631 Å². The number of carboxylic acid groups (broad SMARTS) is 4. The molecule has 44 heteroatoms. The number of aliphatic carboxylic acids is 4. The lowest BCUT2D eigenvalue weighted by Gasteiger charge is -2.32. The number of amides is 14. The maximum atomic E-state index is 14.9. The summed E-state index contributed by atoms with van der Waals surface area (Å²) in [6, 6.07) is -10.9. The van der Waals surface area contributed by atoms with Crippen LogP contribution in [0.2, 0.25) is 0 Å². The van der Waals surface area contributed by atoms with Crippen LogP contribution < -0.4 is 85.9 Å². The minimum Gasteiger partial charge on any atom is -0.481 e. The number of aliphatic hydroxyl groups is 1. The van der Waals surface area contributed by atoms with E-state index in [1.165, 1.54) is 38.1 Å². The Bertz CT molecular complexity index is 3980. The molecule has 14 amide bonds. The second-order valence-electron chi connectivity index (χ2n) is 25.6. The molecular weight excluding hydrogens is 1470 g/mol. The summed E-state index contributed by atoms with van der Waals surface area (Å²) in [5, 5.41) is 82.0. The van der Waals surface area contributed by atoms with Crippen LogP contribution in [0.1, 0.15) is 102 Å². The van der Waals surface area contributed by atoms with Gasteiger partial charge in [-0.25, -0.2) is 9.59 Å². The molecule has 0 spiro atoms. The van der Waals surface area contributed by atoms with E-state index in [2.05, 4.69) is 84.2 Å². The van der Waals surface area contributed by atoms with Crippen LogP contribution in [0, 0.1) is 5.92 Å². The Morgan fingerprint density at radius 3 is 1.77 bits per heavy atom. The normalized spacial score (nSPS) is 22.1. The minimum atomic E-state index is -2.44. The number of nitrogens with one attached hydrogen (secondary N) is 15. The van der Waals surface area contributed by atoms with Crippen molar-refractivity contribution in [1.82, 2.24) is 79.4 Å². The maximum Gasteiger partial charge on any atom is 0.406 e. The number of carboxylic acids is 4. The third-order valence-electron chi connectivity index (χ3n) is 16.8. The van der Waals surface area contributed by atoms with E-state index in [9.17, 15) is 121 Å². The van der Waals surface area contributed by atoms with Crippen molar-refractivity contribution in [2.24, 2.45) is 11.7 Å². The minimum absolute atomic E-state index is 0.164. The summed E-state index contributed by atoms with van der Waals surface area (Å²) in [6.45, 7) is 1.86. The number of primary amides is 1. The van der Waals surface area contributed by atoms with Gasteiger partial charge in [0, 0.05) is 67.1 Å². The van der Waals surface area contributed by atoms with Crippen molar-refractivity contribution in [1.29, 1.82) is 0 Å². The van der Waals surface area contributed by atoms with Crippen LogP contribution in [0.5, 0.6) is 0 Å². The number of esters is 1. The molecule has 1 aliphatic rings. The molecule has 14 atom stereocenters. The van der Waals surface area contributed by atoms with Gasteiger partial charge in [0.05, 0.1) is 64.6 Å². The average Bonchev–Trinajstić information content (AvgIpc) is 1.76. The number of aromatic amines is 1. The number of cyclic esters (lactones) is 1. The van der Waals surface area contributed by atoms with Gasteiger partial charge in [-0.1, -0.05) is 37.3 Å². The summed E-state index contributed by atoms with van der Waals surface area (Å²) in [6.07, 6.45) is -9.35. The van der Waals surface area contributed by atoms with Crippen LogP contribution in [-0.4, -0.2) is 261 Å². The molecule has 2 aromatic carbocycles. The number of methoxy groups -OCH3 is 1. The number of carbonyl (C=O) groups excluding carboxylic acids is 16. The predicted octanol–water partition coefficient (Wildman–Crippen LogP) is -7.48. The van der Waals surface area contributed by atoms with Crippen molar-refractivity contribution >= 4 is 135 Å². The van der Waals surface area contributed by atoms with Crippen LogP contribution in [-0.2, 0) is 102 Å². The first kappa shape index (κ1) is 90.5. The van der Waals surface area contributed by atoms with Crippen molar-refractivity contribution in [2.75, 3.05) is 39.1 Å². The highest BCUT2D eigenvalue weighted by Gasteiger charge is 2.41. The van der Waals surface area contributed by atoms with Gasteiger partial charge in [-0.05, 0) is 63.3 Å². The second kappa shape index (κ2) is 43.8. The molecule has 1 fully saturated rings. The van der Waals surface area contributed by atoms with Crippen LogP contribution in [0.15, 0.2) is 54.7 Å². The Morgan fingerprint density at radius 1 is 0.613 bits per heavy atom. The highest BCUT2D eigenvalue weighted by Crippen LogP contribution is 2.21. The molecule has 1 aliphatic heterocycles. The highest BCUT2D eigenvalue weighted by molar-refractivity contribution is 6.05. The van der Waals surface area contributed by atoms with Gasteiger partial charge in [0.1, 0.15) is 60.5 Å². The van der Waals surface area contributed by atoms with E-state index < -0.39 is 268 Å². The number of para-hydroxylation sites is 2. The molecule has 1 aromatic heterocycles. The number of fused-ring (bicyclic) bond motifs is 1. The SMILES string of the molecule is COC(=O)NCCC[C@@H]1NC(=O)CNC(=O)[C@@H](NC(=O)[C@H](CC(=O)O)NC(=O)[C@@H](CC(N)=O)NC(=O)[C@H](Cc2c[nH]c3ccccc23)NC(C)=O)[C@@H](C)OC(=O)[C@H](CC(=O)c2ccccc2N)NC(=O)[C@H]([C@@H](C)CC(=O)O)NC(C)[C@@H](CO)NC(=O)CNC(=O)[C@H](CC(=O)O)NC(=O)[C@@H](C)NC(=O)[C@H](CC(=O)O)NC1=O. The monoisotopic (exact) mass is 1570 g/mol. The van der Waals surface area contributed by atoms with Gasteiger partial charge in [-0.3, -0.25) is 86.3 Å². The molecule has 0 aliphatic carbocycles. The molecule has 1 saturated heterocycles. The number of Topliss-reactive ketones (excluding diaryl/α,β-unsaturated/α-hetero) is 1. The lowest BCUT2D eigenvalue weighted by molar-refractivity contribution is -0.156. The number of nitrogens with two attached hydrogens (primary N) is 2. The number of H-pyrrole nitrogens is 1. The van der Waals surface area contributed by atoms with Gasteiger partial charge < -0.3 is 126 Å². The number of alkyl carbamates (subject to hydrolysis) is 1. The zero-order valence-corrected chi connectivity index (χ0v) is 60.8. The maximum absolute atomic E-state index is 14.9. The second-order valence-corrected chi connectivity index (χ2v) is 25.6. The third kappa shape index (κ3) is 30.0. The molecular formula is C67H91N17O27. The number of hydrogen-bond donors (Lipinski definition) is 22. The molecule has 44 nitrogen and oxygen atoms in total. The van der Waals surface area contributed by atoms with Crippen LogP contribution in [0.25, 0.3) is 10.9 Å². The van der Waals surface area contributed by atoms with Gasteiger partial charge in [-0.2, -0.15) is 0 Å². The van der Waals surface area contributed by atoms with Crippen molar-refractivity contribution < 1.29 is 131 Å². The number of hydrogen-bond acceptors (Lipinski definition) is 25. The molecule has 3 aromatic rings. The van der Waals surface area contributed by atoms with Crippen LogP contribution >= 0.6 is 0 Å². The van der Waals surface area contributed by atoms with E-state index in [4.69, 9.17) is 16.2 Å². The van der Waals surface area contributed by atoms with Crippen molar-refractivity contribution in [3.05, 3.63) is 65.9 Å². The number of benzene rings is 2. The summed E-state index contributed by atoms with van der Waals surface area (Å²) < 4.78 is 10.3. The van der Waals surface area contributed by atoms with Crippen molar-refractivity contribution in [3.8, 4) is 0 Å². The molecule has 0 radical (unpaired) electrons. The summed E-state index contributed by atoms with van der Waals surface area (Å²) >= 11 is 0. The fourth-order valence-corrected chi connectivity index (χ4v) is 11.0. The first-order valence-corrected chi connectivity index (χ1v) is 34.2. The number of ketones is 1. The summed E-state index contributed by atoms with van der Waals surface area (Å²) in [5.74, 6) is -27.7. The summed E-state index contributed by atoms with van der Waals surface area (Å²) in [4.78, 5) is 273. The third-order valence-corrected chi connectivity index (χ3v) is 16.8. The molecule has 111 heavy (non-hydrogen) atoms. The Morgan fingerprint density at radius 2 is 1.17 bits per heavy atom. The van der Waals surface area contributed by atoms with E-state index in [-0.39, 0.29) is 30.6 Å². The number of aliphatic hydroxyl groups excluding tert-OH is 1. The predicted molar refractivity (Wildman–Crippen MR) is 379 cm³/mol. The number of carbonyl (C=O) groups is 20. The zero-order valence-electron chi connectivity index (χ0n) is 60.8.